The number of nitrogens with zero attached hydrogens (tertiary/aromatic N) is 1. The minimum absolute atomic E-state index is 0.00342. The highest BCUT2D eigenvalue weighted by Gasteiger charge is 2.32. The number of aliphatic hydroxyl groups is 2. The lowest BCUT2D eigenvalue weighted by molar-refractivity contribution is -0.143. The largest absolute Gasteiger partial charge is 0.394 e. The Hall–Kier alpha value is -0.610. The second-order valence-corrected chi connectivity index (χ2v) is 4.20. The van der Waals surface area contributed by atoms with Gasteiger partial charge < -0.3 is 15.1 Å². The maximum absolute atomic E-state index is 11.7. The van der Waals surface area contributed by atoms with E-state index in [1.165, 1.54) is 0 Å². The van der Waals surface area contributed by atoms with Crippen LogP contribution < -0.4 is 0 Å². The molecule has 0 aromatic heterocycles. The van der Waals surface area contributed by atoms with Crippen LogP contribution in [0.3, 0.4) is 0 Å². The standard InChI is InChI=1S/C10H19NO3/c1-7(2)9(13)10(14)11-5-3-4-8(11)6-12/h7-9,12-13H,3-6H2,1-2H3/t8-,9-/m0/s1. The molecule has 0 aromatic carbocycles. The van der Waals surface area contributed by atoms with Crippen LogP contribution in [0.25, 0.3) is 0 Å². The van der Waals surface area contributed by atoms with Crippen LogP contribution in [0.2, 0.25) is 0 Å². The molecule has 14 heavy (non-hydrogen) atoms. The first-order valence-electron chi connectivity index (χ1n) is 5.17. The molecule has 0 radical (unpaired) electrons. The lowest BCUT2D eigenvalue weighted by Gasteiger charge is -2.26. The third-order valence-electron chi connectivity index (χ3n) is 2.76. The van der Waals surface area contributed by atoms with Gasteiger partial charge in [-0.3, -0.25) is 4.79 Å². The van der Waals surface area contributed by atoms with Gasteiger partial charge in [-0.1, -0.05) is 13.8 Å². The highest BCUT2D eigenvalue weighted by Crippen LogP contribution is 2.19. The van der Waals surface area contributed by atoms with E-state index in [1.807, 2.05) is 13.8 Å². The van der Waals surface area contributed by atoms with E-state index < -0.39 is 6.10 Å². The fraction of sp³-hybridized carbons (Fsp3) is 0.900. The Morgan fingerprint density at radius 3 is 2.71 bits per heavy atom. The van der Waals surface area contributed by atoms with E-state index in [0.717, 1.165) is 12.8 Å². The van der Waals surface area contributed by atoms with Crippen molar-refractivity contribution in [2.75, 3.05) is 13.2 Å². The van der Waals surface area contributed by atoms with E-state index in [0.29, 0.717) is 6.54 Å². The van der Waals surface area contributed by atoms with Crippen molar-refractivity contribution in [3.8, 4) is 0 Å². The SMILES string of the molecule is CC(C)[C@H](O)C(=O)N1CCC[C@H]1CO. The van der Waals surface area contributed by atoms with E-state index in [4.69, 9.17) is 5.11 Å². The van der Waals surface area contributed by atoms with Crippen LogP contribution in [0.1, 0.15) is 26.7 Å². The van der Waals surface area contributed by atoms with Crippen molar-refractivity contribution < 1.29 is 15.0 Å². The summed E-state index contributed by atoms with van der Waals surface area (Å²) >= 11 is 0. The van der Waals surface area contributed by atoms with Crippen molar-refractivity contribution in [2.45, 2.75) is 38.8 Å². The first-order valence-corrected chi connectivity index (χ1v) is 5.17. The molecule has 1 fully saturated rings. The topological polar surface area (TPSA) is 60.8 Å². The Bertz CT molecular complexity index is 206. The first kappa shape index (κ1) is 11.5. The second kappa shape index (κ2) is 4.75. The van der Waals surface area contributed by atoms with Crippen LogP contribution in [0, 0.1) is 5.92 Å². The van der Waals surface area contributed by atoms with Gasteiger partial charge in [0.2, 0.25) is 0 Å². The average Bonchev–Trinajstić information content (AvgIpc) is 2.62. The molecule has 4 heteroatoms. The van der Waals surface area contributed by atoms with Gasteiger partial charge in [0, 0.05) is 6.54 Å². The number of carbonyl (C=O) groups excluding carboxylic acids is 1. The molecule has 1 amide bonds. The van der Waals surface area contributed by atoms with Gasteiger partial charge in [-0.25, -0.2) is 0 Å². The van der Waals surface area contributed by atoms with Crippen LogP contribution in [0.4, 0.5) is 0 Å². The second-order valence-electron chi connectivity index (χ2n) is 4.20. The van der Waals surface area contributed by atoms with Gasteiger partial charge in [0.25, 0.3) is 5.91 Å². The molecule has 0 unspecified atom stereocenters. The lowest BCUT2D eigenvalue weighted by Crippen LogP contribution is -2.45. The minimum Gasteiger partial charge on any atom is -0.394 e. The van der Waals surface area contributed by atoms with Gasteiger partial charge in [-0.15, -0.1) is 0 Å². The highest BCUT2D eigenvalue weighted by molar-refractivity contribution is 5.81. The van der Waals surface area contributed by atoms with Crippen LogP contribution in [0.15, 0.2) is 0 Å². The first-order chi connectivity index (χ1) is 6.57. The smallest absolute Gasteiger partial charge is 0.252 e. The van der Waals surface area contributed by atoms with Gasteiger partial charge in [0.05, 0.1) is 12.6 Å². The molecule has 4 nitrogen and oxygen atoms in total. The monoisotopic (exact) mass is 201 g/mol. The third kappa shape index (κ3) is 2.25. The molecule has 1 saturated heterocycles. The van der Waals surface area contributed by atoms with Gasteiger partial charge in [0.1, 0.15) is 6.10 Å². The number of rotatable bonds is 3. The van der Waals surface area contributed by atoms with Crippen LogP contribution in [-0.4, -0.2) is 46.3 Å². The van der Waals surface area contributed by atoms with Crippen LogP contribution in [0.5, 0.6) is 0 Å². The zero-order valence-corrected chi connectivity index (χ0v) is 8.81. The maximum Gasteiger partial charge on any atom is 0.252 e. The van der Waals surface area contributed by atoms with Crippen molar-refractivity contribution in [3.05, 3.63) is 0 Å². The summed E-state index contributed by atoms with van der Waals surface area (Å²) in [7, 11) is 0. The molecular weight excluding hydrogens is 182 g/mol. The number of hydrogen-bond acceptors (Lipinski definition) is 3. The zero-order chi connectivity index (χ0) is 10.7. The summed E-state index contributed by atoms with van der Waals surface area (Å²) in [6, 6.07) is -0.0871. The Balaban J connectivity index is 2.59. The Morgan fingerprint density at radius 2 is 2.21 bits per heavy atom. The predicted octanol–water partition coefficient (Wildman–Crippen LogP) is -0.0134. The summed E-state index contributed by atoms with van der Waals surface area (Å²) in [5.74, 6) is -0.306. The number of amides is 1. The fourth-order valence-corrected chi connectivity index (χ4v) is 1.77. The molecule has 1 aliphatic heterocycles. The van der Waals surface area contributed by atoms with E-state index in [1.54, 1.807) is 4.90 Å². The number of carbonyl (C=O) groups is 1. The molecule has 2 atom stereocenters. The maximum atomic E-state index is 11.7. The van der Waals surface area contributed by atoms with Gasteiger partial charge in [0.15, 0.2) is 0 Å². The molecule has 0 bridgehead atoms. The molecule has 1 heterocycles. The normalized spacial score (nSPS) is 24.4. The Kier molecular flexibility index (Phi) is 3.89. The van der Waals surface area contributed by atoms with E-state index >= 15 is 0 Å². The van der Waals surface area contributed by atoms with Crippen molar-refractivity contribution in [3.63, 3.8) is 0 Å². The summed E-state index contributed by atoms with van der Waals surface area (Å²) in [4.78, 5) is 13.3. The summed E-state index contributed by atoms with van der Waals surface area (Å²) in [6.45, 7) is 4.28. The summed E-state index contributed by atoms with van der Waals surface area (Å²) in [5, 5.41) is 18.6. The van der Waals surface area contributed by atoms with Crippen LogP contribution in [-0.2, 0) is 4.79 Å². The number of hydrogen-bond donors (Lipinski definition) is 2. The van der Waals surface area contributed by atoms with E-state index in [2.05, 4.69) is 0 Å². The van der Waals surface area contributed by atoms with Gasteiger partial charge in [-0.05, 0) is 18.8 Å². The quantitative estimate of drug-likeness (QED) is 0.675. The summed E-state index contributed by atoms with van der Waals surface area (Å²) in [5.41, 5.74) is 0. The van der Waals surface area contributed by atoms with Gasteiger partial charge >= 0.3 is 0 Å². The van der Waals surface area contributed by atoms with Crippen molar-refractivity contribution >= 4 is 5.91 Å². The van der Waals surface area contributed by atoms with Crippen molar-refractivity contribution in [2.24, 2.45) is 5.92 Å². The van der Waals surface area contributed by atoms with E-state index in [9.17, 15) is 9.90 Å². The van der Waals surface area contributed by atoms with Gasteiger partial charge in [-0.2, -0.15) is 0 Å². The molecular formula is C10H19NO3. The Labute approximate surface area is 84.5 Å². The molecule has 0 spiro atoms. The van der Waals surface area contributed by atoms with Crippen molar-refractivity contribution in [1.29, 1.82) is 0 Å². The molecule has 2 N–H and O–H groups in total. The summed E-state index contributed by atoms with van der Waals surface area (Å²) < 4.78 is 0. The van der Waals surface area contributed by atoms with Crippen molar-refractivity contribution in [1.82, 2.24) is 4.90 Å². The molecule has 0 aromatic rings. The lowest BCUT2D eigenvalue weighted by atomic mass is 10.1. The fourth-order valence-electron chi connectivity index (χ4n) is 1.77. The summed E-state index contributed by atoms with van der Waals surface area (Å²) in [6.07, 6.45) is 0.830. The van der Waals surface area contributed by atoms with Crippen LogP contribution >= 0.6 is 0 Å². The average molecular weight is 201 g/mol. The highest BCUT2D eigenvalue weighted by atomic mass is 16.3. The molecule has 82 valence electrons. The number of likely N-dealkylation sites (tertiary alicyclic amines) is 1. The molecule has 1 aliphatic rings. The molecule has 0 saturated carbocycles. The minimum atomic E-state index is -0.929. The third-order valence-corrected chi connectivity index (χ3v) is 2.76. The van der Waals surface area contributed by atoms with E-state index in [-0.39, 0.29) is 24.5 Å². The number of aliphatic hydroxyl groups excluding tert-OH is 2. The predicted molar refractivity (Wildman–Crippen MR) is 52.7 cm³/mol. The zero-order valence-electron chi connectivity index (χ0n) is 8.81. The Morgan fingerprint density at radius 1 is 1.57 bits per heavy atom. The molecule has 0 aliphatic carbocycles. The molecule has 1 rings (SSSR count).